The van der Waals surface area contributed by atoms with E-state index in [0.717, 1.165) is 19.7 Å². The molecule has 1 N–H and O–H groups in total. The van der Waals surface area contributed by atoms with Gasteiger partial charge in [-0.05, 0) is 45.1 Å². The van der Waals surface area contributed by atoms with Crippen LogP contribution < -0.4 is 5.32 Å². The van der Waals surface area contributed by atoms with Gasteiger partial charge in [-0.25, -0.2) is 0 Å². The first-order chi connectivity index (χ1) is 9.15. The zero-order chi connectivity index (χ0) is 13.9. The molecule has 0 amide bonds. The summed E-state index contributed by atoms with van der Waals surface area (Å²) in [7, 11) is 1.74. The first-order valence-electron chi connectivity index (χ1n) is 7.57. The van der Waals surface area contributed by atoms with Crippen LogP contribution in [0.4, 0.5) is 0 Å². The summed E-state index contributed by atoms with van der Waals surface area (Å²) in [6.45, 7) is 6.86. The van der Waals surface area contributed by atoms with Crippen molar-refractivity contribution in [1.29, 1.82) is 5.26 Å². The summed E-state index contributed by atoms with van der Waals surface area (Å²) in [4.78, 5) is 2.38. The number of ether oxygens (including phenoxy) is 1. The van der Waals surface area contributed by atoms with Gasteiger partial charge in [0.2, 0.25) is 0 Å². The highest BCUT2D eigenvalue weighted by molar-refractivity contribution is 5.18. The molecule has 2 aliphatic carbocycles. The molecule has 2 unspecified atom stereocenters. The van der Waals surface area contributed by atoms with E-state index in [1.165, 1.54) is 25.7 Å². The first kappa shape index (κ1) is 14.8. The topological polar surface area (TPSA) is 48.3 Å². The van der Waals surface area contributed by atoms with E-state index in [9.17, 15) is 5.26 Å². The fourth-order valence-electron chi connectivity index (χ4n) is 2.87. The molecule has 0 radical (unpaired) electrons. The van der Waals surface area contributed by atoms with Crippen LogP contribution in [0, 0.1) is 17.2 Å². The number of rotatable bonds is 9. The number of methoxy groups -OCH3 is 1. The van der Waals surface area contributed by atoms with E-state index in [1.54, 1.807) is 7.11 Å². The van der Waals surface area contributed by atoms with Crippen LogP contribution >= 0.6 is 0 Å². The maximum Gasteiger partial charge on any atom is 0.122 e. The number of nitrogens with one attached hydrogen (secondary N) is 1. The van der Waals surface area contributed by atoms with E-state index in [2.05, 4.69) is 30.1 Å². The highest BCUT2D eigenvalue weighted by atomic mass is 16.5. The Labute approximate surface area is 117 Å². The van der Waals surface area contributed by atoms with Crippen molar-refractivity contribution in [3.63, 3.8) is 0 Å². The zero-order valence-corrected chi connectivity index (χ0v) is 12.5. The second-order valence-corrected chi connectivity index (χ2v) is 6.14. The van der Waals surface area contributed by atoms with Gasteiger partial charge in [-0.1, -0.05) is 6.92 Å². The Morgan fingerprint density at radius 2 is 2.11 bits per heavy atom. The van der Waals surface area contributed by atoms with Crippen molar-refractivity contribution in [3.8, 4) is 6.07 Å². The van der Waals surface area contributed by atoms with Crippen LogP contribution in [0.3, 0.4) is 0 Å². The Bertz CT molecular complexity index is 333. The van der Waals surface area contributed by atoms with E-state index in [0.29, 0.717) is 18.0 Å². The quantitative estimate of drug-likeness (QED) is 0.690. The lowest BCUT2D eigenvalue weighted by molar-refractivity contribution is 0.0837. The van der Waals surface area contributed by atoms with Gasteiger partial charge in [-0.2, -0.15) is 5.26 Å². The van der Waals surface area contributed by atoms with Gasteiger partial charge >= 0.3 is 0 Å². The van der Waals surface area contributed by atoms with Gasteiger partial charge < -0.3 is 4.74 Å². The van der Waals surface area contributed by atoms with Crippen LogP contribution in [0.1, 0.15) is 39.5 Å². The third-order valence-electron chi connectivity index (χ3n) is 4.40. The predicted octanol–water partition coefficient (Wildman–Crippen LogP) is 1.77. The van der Waals surface area contributed by atoms with Crippen LogP contribution in [0.25, 0.3) is 0 Å². The number of likely N-dealkylation sites (N-methyl/N-ethyl adjacent to an activating group) is 1. The van der Waals surface area contributed by atoms with E-state index in [1.807, 2.05) is 0 Å². The third-order valence-corrected chi connectivity index (χ3v) is 4.40. The highest BCUT2D eigenvalue weighted by Crippen LogP contribution is 2.42. The largest absolute Gasteiger partial charge is 0.383 e. The number of nitriles is 1. The minimum absolute atomic E-state index is 0.334. The second-order valence-electron chi connectivity index (χ2n) is 6.14. The molecule has 0 spiro atoms. The number of hydrogen-bond donors (Lipinski definition) is 1. The molecule has 19 heavy (non-hydrogen) atoms. The fraction of sp³-hybridized carbons (Fsp3) is 0.933. The summed E-state index contributed by atoms with van der Waals surface area (Å²) in [5.74, 6) is 0.543. The molecule has 0 aromatic heterocycles. The molecule has 0 bridgehead atoms. The lowest BCUT2D eigenvalue weighted by Gasteiger charge is -2.37. The molecule has 0 heterocycles. The number of nitrogens with zero attached hydrogens (tertiary/aromatic N) is 2. The van der Waals surface area contributed by atoms with Crippen molar-refractivity contribution >= 4 is 0 Å². The van der Waals surface area contributed by atoms with Gasteiger partial charge in [0.05, 0.1) is 12.7 Å². The third kappa shape index (κ3) is 3.68. The van der Waals surface area contributed by atoms with E-state index in [4.69, 9.17) is 4.74 Å². The molecule has 2 aliphatic rings. The smallest absolute Gasteiger partial charge is 0.122 e. The summed E-state index contributed by atoms with van der Waals surface area (Å²) >= 11 is 0. The highest BCUT2D eigenvalue weighted by Gasteiger charge is 2.49. The number of hydrogen-bond acceptors (Lipinski definition) is 4. The lowest BCUT2D eigenvalue weighted by Crippen LogP contribution is -2.57. The SMILES string of the molecule is CCN(CC(C#N)(NC1CC1)C1CC1)C(C)COC. The normalized spacial score (nSPS) is 23.9. The molecule has 0 aliphatic heterocycles. The molecule has 0 aromatic carbocycles. The maximum atomic E-state index is 9.75. The molecule has 108 valence electrons. The molecule has 0 saturated heterocycles. The fourth-order valence-corrected chi connectivity index (χ4v) is 2.87. The summed E-state index contributed by atoms with van der Waals surface area (Å²) < 4.78 is 5.26. The Kier molecular flexibility index (Phi) is 4.83. The summed E-state index contributed by atoms with van der Waals surface area (Å²) in [5.41, 5.74) is -0.334. The molecule has 4 nitrogen and oxygen atoms in total. The summed E-state index contributed by atoms with van der Waals surface area (Å²) in [6, 6.07) is 3.56. The Morgan fingerprint density at radius 1 is 1.42 bits per heavy atom. The van der Waals surface area contributed by atoms with Gasteiger partial charge in [0.25, 0.3) is 0 Å². The van der Waals surface area contributed by atoms with Crippen molar-refractivity contribution in [2.45, 2.75) is 57.2 Å². The minimum atomic E-state index is -0.334. The maximum absolute atomic E-state index is 9.75. The van der Waals surface area contributed by atoms with Crippen molar-refractivity contribution in [2.24, 2.45) is 5.92 Å². The lowest BCUT2D eigenvalue weighted by atomic mass is 9.93. The summed E-state index contributed by atoms with van der Waals surface area (Å²) in [6.07, 6.45) is 4.86. The average molecular weight is 265 g/mol. The molecule has 0 aromatic rings. The van der Waals surface area contributed by atoms with Crippen LogP contribution in [-0.4, -0.2) is 49.3 Å². The molecular formula is C15H27N3O. The van der Waals surface area contributed by atoms with Gasteiger partial charge in [-0.15, -0.1) is 0 Å². The van der Waals surface area contributed by atoms with E-state index in [-0.39, 0.29) is 5.54 Å². The monoisotopic (exact) mass is 265 g/mol. The molecule has 2 fully saturated rings. The van der Waals surface area contributed by atoms with E-state index < -0.39 is 0 Å². The Morgan fingerprint density at radius 3 is 2.53 bits per heavy atom. The van der Waals surface area contributed by atoms with Crippen LogP contribution in [0.15, 0.2) is 0 Å². The van der Waals surface area contributed by atoms with Gasteiger partial charge in [0.1, 0.15) is 5.54 Å². The molecule has 2 atom stereocenters. The molecular weight excluding hydrogens is 238 g/mol. The summed E-state index contributed by atoms with van der Waals surface area (Å²) in [5, 5.41) is 13.4. The Hall–Kier alpha value is -0.630. The molecule has 4 heteroatoms. The van der Waals surface area contributed by atoms with Gasteiger partial charge in [0.15, 0.2) is 0 Å². The average Bonchev–Trinajstić information content (AvgIpc) is 3.27. The van der Waals surface area contributed by atoms with Crippen molar-refractivity contribution < 1.29 is 4.74 Å². The van der Waals surface area contributed by atoms with Gasteiger partial charge in [-0.3, -0.25) is 10.2 Å². The molecule has 2 rings (SSSR count). The second kappa shape index (κ2) is 6.21. The van der Waals surface area contributed by atoms with Crippen LogP contribution in [0.5, 0.6) is 0 Å². The Balaban J connectivity index is 2.02. The van der Waals surface area contributed by atoms with Crippen molar-refractivity contribution in [3.05, 3.63) is 0 Å². The van der Waals surface area contributed by atoms with Crippen LogP contribution in [0.2, 0.25) is 0 Å². The standard InChI is InChI=1S/C15H27N3O/c1-4-18(12(2)9-19-3)11-15(10-16,13-5-6-13)17-14-7-8-14/h12-14,17H,4-9,11H2,1-3H3. The van der Waals surface area contributed by atoms with Crippen molar-refractivity contribution in [1.82, 2.24) is 10.2 Å². The van der Waals surface area contributed by atoms with Crippen LogP contribution in [-0.2, 0) is 4.74 Å². The predicted molar refractivity (Wildman–Crippen MR) is 75.8 cm³/mol. The van der Waals surface area contributed by atoms with Gasteiger partial charge in [0, 0.05) is 25.7 Å². The first-order valence-corrected chi connectivity index (χ1v) is 7.57. The van der Waals surface area contributed by atoms with Crippen molar-refractivity contribution in [2.75, 3.05) is 26.8 Å². The minimum Gasteiger partial charge on any atom is -0.383 e. The van der Waals surface area contributed by atoms with E-state index >= 15 is 0 Å². The molecule has 2 saturated carbocycles. The zero-order valence-electron chi connectivity index (χ0n) is 12.5.